The van der Waals surface area contributed by atoms with Crippen LogP contribution in [0.2, 0.25) is 0 Å². The van der Waals surface area contributed by atoms with Crippen molar-refractivity contribution in [1.29, 1.82) is 0 Å². The quantitative estimate of drug-likeness (QED) is 0.641. The maximum Gasteiger partial charge on any atom is 0.425 e. The molecule has 1 saturated heterocycles. The van der Waals surface area contributed by atoms with Gasteiger partial charge in [0.2, 0.25) is 0 Å². The van der Waals surface area contributed by atoms with Gasteiger partial charge in [-0.3, -0.25) is 9.69 Å². The predicted octanol–water partition coefficient (Wildman–Crippen LogP) is 4.66. The average Bonchev–Trinajstić information content (AvgIpc) is 2.76. The van der Waals surface area contributed by atoms with Crippen molar-refractivity contribution < 1.29 is 37.3 Å². The van der Waals surface area contributed by atoms with E-state index in [1.807, 2.05) is 44.2 Å². The Kier molecular flexibility index (Phi) is 13.7. The summed E-state index contributed by atoms with van der Waals surface area (Å²) in [4.78, 5) is 25.5. The maximum atomic E-state index is 12.4. The third-order valence-corrected chi connectivity index (χ3v) is 4.70. The number of alkyl halides is 3. The van der Waals surface area contributed by atoms with Gasteiger partial charge in [-0.05, 0) is 26.3 Å². The Bertz CT molecular complexity index is 691. The molecule has 1 aliphatic heterocycles. The summed E-state index contributed by atoms with van der Waals surface area (Å²) < 4.78 is 46.3. The molecule has 1 unspecified atom stereocenters. The van der Waals surface area contributed by atoms with Crippen LogP contribution in [0.25, 0.3) is 0 Å². The van der Waals surface area contributed by atoms with E-state index >= 15 is 0 Å². The number of nitrogens with zero attached hydrogens (tertiary/aromatic N) is 2. The first-order chi connectivity index (χ1) is 15.4. The Morgan fingerprint density at radius 2 is 1.58 bits per heavy atom. The number of rotatable bonds is 6. The summed E-state index contributed by atoms with van der Waals surface area (Å²) in [5.74, 6) is -0.829. The summed E-state index contributed by atoms with van der Waals surface area (Å²) in [6.07, 6.45) is -7.50. The first kappa shape index (κ1) is 30.7. The van der Waals surface area contributed by atoms with Gasteiger partial charge in [-0.1, -0.05) is 44.2 Å². The van der Waals surface area contributed by atoms with Crippen molar-refractivity contribution in [1.82, 2.24) is 9.80 Å². The standard InChI is InChI=1S/C15H19F3N2O2.C6H12O3.C2H6/c1-12(15(16,17)18)22-14(21)20-9-7-19(8-10-20)11-13-5-3-2-4-6-13;1-6(2,4-9-3)5(7)8;1-2/h2-6,12H,7-11H2,1H3;4H2,1-3H3,(H,7,8);1-2H3. The smallest absolute Gasteiger partial charge is 0.425 e. The molecule has 7 nitrogen and oxygen atoms in total. The fourth-order valence-corrected chi connectivity index (χ4v) is 2.65. The lowest BCUT2D eigenvalue weighted by Gasteiger charge is -2.34. The van der Waals surface area contributed by atoms with Gasteiger partial charge in [0, 0.05) is 39.8 Å². The molecular formula is C23H37F3N2O5. The SMILES string of the molecule is CC.CC(OC(=O)N1CCN(Cc2ccccc2)CC1)C(F)(F)F.COCC(C)(C)C(=O)O. The van der Waals surface area contributed by atoms with Gasteiger partial charge in [0.25, 0.3) is 0 Å². The van der Waals surface area contributed by atoms with Crippen molar-refractivity contribution in [2.45, 2.75) is 53.4 Å². The molecule has 1 fully saturated rings. The van der Waals surface area contributed by atoms with Gasteiger partial charge in [0.05, 0.1) is 12.0 Å². The van der Waals surface area contributed by atoms with Crippen LogP contribution in [-0.4, -0.2) is 79.1 Å². The highest BCUT2D eigenvalue weighted by atomic mass is 19.4. The van der Waals surface area contributed by atoms with Crippen molar-refractivity contribution in [3.63, 3.8) is 0 Å². The molecule has 0 aliphatic carbocycles. The fraction of sp³-hybridized carbons (Fsp3) is 0.652. The monoisotopic (exact) mass is 478 g/mol. The second-order valence-electron chi connectivity index (χ2n) is 7.94. The Balaban J connectivity index is 0.000000786. The number of carbonyl (C=O) groups is 2. The highest BCUT2D eigenvalue weighted by Gasteiger charge is 2.40. The maximum absolute atomic E-state index is 12.4. The molecule has 1 N–H and O–H groups in total. The van der Waals surface area contributed by atoms with E-state index in [9.17, 15) is 22.8 Å². The minimum absolute atomic E-state index is 0.252. The van der Waals surface area contributed by atoms with Crippen LogP contribution in [0.1, 0.15) is 40.2 Å². The molecule has 0 spiro atoms. The van der Waals surface area contributed by atoms with E-state index in [4.69, 9.17) is 5.11 Å². The molecule has 190 valence electrons. The van der Waals surface area contributed by atoms with Crippen LogP contribution in [0.5, 0.6) is 0 Å². The zero-order valence-corrected chi connectivity index (χ0v) is 20.3. The second-order valence-corrected chi connectivity index (χ2v) is 7.94. The zero-order chi connectivity index (χ0) is 25.7. The number of carboxylic acids is 1. The van der Waals surface area contributed by atoms with E-state index in [2.05, 4.69) is 14.4 Å². The van der Waals surface area contributed by atoms with Gasteiger partial charge < -0.3 is 19.5 Å². The molecule has 1 heterocycles. The van der Waals surface area contributed by atoms with E-state index in [1.54, 1.807) is 13.8 Å². The Morgan fingerprint density at radius 1 is 1.06 bits per heavy atom. The molecule has 0 radical (unpaired) electrons. The van der Waals surface area contributed by atoms with E-state index in [0.29, 0.717) is 26.2 Å². The molecule has 0 saturated carbocycles. The summed E-state index contributed by atoms with van der Waals surface area (Å²) in [5.41, 5.74) is 0.415. The molecule has 1 aliphatic rings. The number of benzene rings is 1. The first-order valence-electron chi connectivity index (χ1n) is 10.9. The van der Waals surface area contributed by atoms with E-state index in [1.165, 1.54) is 17.6 Å². The van der Waals surface area contributed by atoms with Crippen LogP contribution in [0.3, 0.4) is 0 Å². The number of amides is 1. The normalized spacial score (nSPS) is 15.4. The number of hydrogen-bond acceptors (Lipinski definition) is 5. The summed E-state index contributed by atoms with van der Waals surface area (Å²) in [5, 5.41) is 8.49. The van der Waals surface area contributed by atoms with Crippen LogP contribution in [0.15, 0.2) is 30.3 Å². The summed E-state index contributed by atoms with van der Waals surface area (Å²) in [6, 6.07) is 9.90. The molecule has 33 heavy (non-hydrogen) atoms. The average molecular weight is 479 g/mol. The molecule has 1 aromatic carbocycles. The number of ether oxygens (including phenoxy) is 2. The summed E-state index contributed by atoms with van der Waals surface area (Å²) in [6.45, 7) is 11.1. The lowest BCUT2D eigenvalue weighted by Crippen LogP contribution is -2.49. The van der Waals surface area contributed by atoms with Gasteiger partial charge in [0.15, 0.2) is 6.10 Å². The van der Waals surface area contributed by atoms with Gasteiger partial charge in [-0.15, -0.1) is 0 Å². The van der Waals surface area contributed by atoms with E-state index in [0.717, 1.165) is 13.5 Å². The summed E-state index contributed by atoms with van der Waals surface area (Å²) in [7, 11) is 1.49. The van der Waals surface area contributed by atoms with Crippen molar-refractivity contribution in [2.24, 2.45) is 5.41 Å². The molecule has 0 aromatic heterocycles. The van der Waals surface area contributed by atoms with Gasteiger partial charge in [-0.2, -0.15) is 13.2 Å². The lowest BCUT2D eigenvalue weighted by atomic mass is 9.96. The Labute approximate surface area is 194 Å². The number of halogens is 3. The largest absolute Gasteiger partial charge is 0.481 e. The second kappa shape index (κ2) is 14.7. The minimum Gasteiger partial charge on any atom is -0.481 e. The van der Waals surface area contributed by atoms with Crippen molar-refractivity contribution >= 4 is 12.1 Å². The van der Waals surface area contributed by atoms with Crippen LogP contribution >= 0.6 is 0 Å². The molecule has 2 rings (SSSR count). The minimum atomic E-state index is -4.52. The topological polar surface area (TPSA) is 79.3 Å². The number of carbonyl (C=O) groups excluding carboxylic acids is 1. The zero-order valence-electron chi connectivity index (χ0n) is 20.3. The predicted molar refractivity (Wildman–Crippen MR) is 120 cm³/mol. The number of piperazine rings is 1. The van der Waals surface area contributed by atoms with E-state index in [-0.39, 0.29) is 6.61 Å². The van der Waals surface area contributed by atoms with Crippen molar-refractivity contribution in [2.75, 3.05) is 39.9 Å². The van der Waals surface area contributed by atoms with Gasteiger partial charge >= 0.3 is 18.2 Å². The molecule has 10 heteroatoms. The molecule has 1 atom stereocenters. The van der Waals surface area contributed by atoms with Crippen molar-refractivity contribution in [3.8, 4) is 0 Å². The summed E-state index contributed by atoms with van der Waals surface area (Å²) >= 11 is 0. The molecule has 1 aromatic rings. The van der Waals surface area contributed by atoms with Crippen molar-refractivity contribution in [3.05, 3.63) is 35.9 Å². The van der Waals surface area contributed by atoms with Crippen LogP contribution in [0, 0.1) is 5.41 Å². The number of hydrogen-bond donors (Lipinski definition) is 1. The number of methoxy groups -OCH3 is 1. The van der Waals surface area contributed by atoms with Gasteiger partial charge in [-0.25, -0.2) is 4.79 Å². The van der Waals surface area contributed by atoms with Crippen LogP contribution < -0.4 is 0 Å². The van der Waals surface area contributed by atoms with Gasteiger partial charge in [0.1, 0.15) is 0 Å². The first-order valence-corrected chi connectivity index (χ1v) is 10.9. The molecule has 1 amide bonds. The highest BCUT2D eigenvalue weighted by Crippen LogP contribution is 2.23. The Morgan fingerprint density at radius 3 is 1.97 bits per heavy atom. The highest BCUT2D eigenvalue weighted by molar-refractivity contribution is 5.73. The number of carboxylic acid groups (broad SMARTS) is 1. The lowest BCUT2D eigenvalue weighted by molar-refractivity contribution is -0.200. The third kappa shape index (κ3) is 11.9. The van der Waals surface area contributed by atoms with Crippen LogP contribution in [0.4, 0.5) is 18.0 Å². The third-order valence-electron chi connectivity index (χ3n) is 4.70. The molecule has 0 bridgehead atoms. The Hall–Kier alpha value is -2.33. The van der Waals surface area contributed by atoms with Crippen LogP contribution in [-0.2, 0) is 20.8 Å². The van der Waals surface area contributed by atoms with E-state index < -0.39 is 29.8 Å². The number of aliphatic carboxylic acids is 1. The fourth-order valence-electron chi connectivity index (χ4n) is 2.65. The molecular weight excluding hydrogens is 441 g/mol.